The predicted molar refractivity (Wildman–Crippen MR) is 37.3 cm³/mol. The van der Waals surface area contributed by atoms with Crippen molar-refractivity contribution in [1.82, 2.24) is 0 Å². The van der Waals surface area contributed by atoms with Crippen molar-refractivity contribution in [2.45, 2.75) is 0 Å². The zero-order valence-corrected chi connectivity index (χ0v) is 5.15. The molecule has 0 unspecified atom stereocenters. The predicted octanol–water partition coefficient (Wildman–Crippen LogP) is -7.78. The molecule has 0 rings (SSSR count). The van der Waals surface area contributed by atoms with Crippen LogP contribution in [0.4, 0.5) is 0 Å². The van der Waals surface area contributed by atoms with Crippen molar-refractivity contribution in [3.05, 3.63) is 0 Å². The third kappa shape index (κ3) is 2070. The van der Waals surface area contributed by atoms with Crippen LogP contribution in [-0.4, -0.2) is 43.8 Å². The molecule has 0 aliphatic carbocycles. The lowest BCUT2D eigenvalue weighted by Gasteiger charge is -1.27. The van der Waals surface area contributed by atoms with Crippen molar-refractivity contribution in [1.29, 1.82) is 0 Å². The first kappa shape index (κ1) is 1970. The Bertz CT molecular complexity index is 7.22. The standard InChI is InChI=1S/H4N2.8H2O/c1-2;;;;;;;;/h1-2H2;8*1H2. The van der Waals surface area contributed by atoms with E-state index in [0.29, 0.717) is 0 Å². The third-order valence-corrected chi connectivity index (χ3v) is 0. The van der Waals surface area contributed by atoms with Gasteiger partial charge in [-0.1, -0.05) is 0 Å². The Kier molecular flexibility index (Phi) is 612000. The molecule has 0 saturated heterocycles. The molecule has 0 fully saturated rings. The van der Waals surface area contributed by atoms with Crippen molar-refractivity contribution < 1.29 is 43.8 Å². The van der Waals surface area contributed by atoms with E-state index in [1.54, 1.807) is 0 Å². The van der Waals surface area contributed by atoms with Gasteiger partial charge in [-0.25, -0.2) is 0 Å². The highest BCUT2D eigenvalue weighted by atomic mass is 16.0. The molecule has 0 aromatic carbocycles. The van der Waals surface area contributed by atoms with Crippen molar-refractivity contribution in [2.24, 2.45) is 11.7 Å². The molecule has 20 N–H and O–H groups in total. The van der Waals surface area contributed by atoms with E-state index in [9.17, 15) is 0 Å². The first-order valence-corrected chi connectivity index (χ1v) is 0.333. The molecule has 0 spiro atoms. The highest BCUT2D eigenvalue weighted by molar-refractivity contribution is 3.26. The summed E-state index contributed by atoms with van der Waals surface area (Å²) in [5, 5.41) is 0. The van der Waals surface area contributed by atoms with Crippen LogP contribution >= 0.6 is 0 Å². The minimum atomic E-state index is 0. The molecule has 0 aromatic rings. The van der Waals surface area contributed by atoms with E-state index in [1.807, 2.05) is 0 Å². The van der Waals surface area contributed by atoms with Gasteiger partial charge in [-0.15, -0.1) is 0 Å². The van der Waals surface area contributed by atoms with Crippen LogP contribution in [0.1, 0.15) is 0 Å². The Morgan fingerprint density at radius 2 is 0.300 bits per heavy atom. The molecule has 10 heavy (non-hydrogen) atoms. The van der Waals surface area contributed by atoms with Crippen LogP contribution in [0.25, 0.3) is 0 Å². The topological polar surface area (TPSA) is 304 Å². The molecule has 0 saturated carbocycles. The summed E-state index contributed by atoms with van der Waals surface area (Å²) in [5.74, 6) is 8.00. The summed E-state index contributed by atoms with van der Waals surface area (Å²) in [5.41, 5.74) is 0. The fraction of sp³-hybridized carbons (Fsp3) is 0. The fourth-order valence-electron chi connectivity index (χ4n) is 0. The summed E-state index contributed by atoms with van der Waals surface area (Å²) in [6.45, 7) is 0. The van der Waals surface area contributed by atoms with E-state index in [2.05, 4.69) is 11.7 Å². The highest BCUT2D eigenvalue weighted by Crippen LogP contribution is -0.0189. The third-order valence-electron chi connectivity index (χ3n) is 0. The van der Waals surface area contributed by atoms with Crippen LogP contribution in [0.5, 0.6) is 0 Å². The van der Waals surface area contributed by atoms with E-state index in [-0.39, 0.29) is 43.8 Å². The van der Waals surface area contributed by atoms with E-state index in [0.717, 1.165) is 0 Å². The number of hydrazine groups is 1. The Labute approximate surface area is 56.9 Å². The van der Waals surface area contributed by atoms with Gasteiger partial charge in [-0.05, 0) is 0 Å². The molecule has 0 aliphatic heterocycles. The first-order chi connectivity index (χ1) is 1.00. The largest absolute Gasteiger partial charge is 0.412 e. The lowest BCUT2D eigenvalue weighted by Crippen LogP contribution is -2.02. The van der Waals surface area contributed by atoms with Crippen LogP contribution in [0.15, 0.2) is 0 Å². The van der Waals surface area contributed by atoms with Gasteiger partial charge >= 0.3 is 0 Å². The molecular weight excluding hydrogens is 156 g/mol. The van der Waals surface area contributed by atoms with Crippen LogP contribution in [0.2, 0.25) is 0 Å². The Morgan fingerprint density at radius 3 is 0.300 bits per heavy atom. The lowest BCUT2D eigenvalue weighted by atomic mass is 13.0. The van der Waals surface area contributed by atoms with Crippen LogP contribution < -0.4 is 11.7 Å². The first-order valence-electron chi connectivity index (χ1n) is 0.333. The zero-order chi connectivity index (χ0) is 2.00. The summed E-state index contributed by atoms with van der Waals surface area (Å²) in [6, 6.07) is 0. The van der Waals surface area contributed by atoms with Gasteiger partial charge in [0.2, 0.25) is 0 Å². The monoisotopic (exact) mass is 176 g/mol. The second kappa shape index (κ2) is 3100. The van der Waals surface area contributed by atoms with Gasteiger partial charge in [0.25, 0.3) is 0 Å². The van der Waals surface area contributed by atoms with Crippen molar-refractivity contribution in [3.63, 3.8) is 0 Å². The summed E-state index contributed by atoms with van der Waals surface area (Å²) in [6.07, 6.45) is 0. The minimum Gasteiger partial charge on any atom is -0.412 e. The fourth-order valence-corrected chi connectivity index (χ4v) is 0. The molecule has 0 aliphatic rings. The van der Waals surface area contributed by atoms with Crippen LogP contribution in [-0.2, 0) is 0 Å². The maximum Gasteiger partial charge on any atom is -0.274 e. The van der Waals surface area contributed by atoms with Crippen LogP contribution in [0.3, 0.4) is 0 Å². The number of rotatable bonds is 0. The maximum atomic E-state index is 4.00. The van der Waals surface area contributed by atoms with E-state index in [4.69, 9.17) is 0 Å². The summed E-state index contributed by atoms with van der Waals surface area (Å²) >= 11 is 0. The molecule has 10 heteroatoms. The highest BCUT2D eigenvalue weighted by Gasteiger charge is 0.726. The summed E-state index contributed by atoms with van der Waals surface area (Å²) in [7, 11) is 0. The van der Waals surface area contributed by atoms with Gasteiger partial charge in [0.05, 0.1) is 0 Å². The second-order valence-electron chi connectivity index (χ2n) is 0. The van der Waals surface area contributed by atoms with Crippen molar-refractivity contribution >= 4 is 0 Å². The molecule has 78 valence electrons. The van der Waals surface area contributed by atoms with Gasteiger partial charge < -0.3 is 43.8 Å². The van der Waals surface area contributed by atoms with Gasteiger partial charge in [0.1, 0.15) is 0 Å². The van der Waals surface area contributed by atoms with E-state index < -0.39 is 0 Å². The van der Waals surface area contributed by atoms with Gasteiger partial charge in [0.15, 0.2) is 0 Å². The van der Waals surface area contributed by atoms with Crippen molar-refractivity contribution in [3.8, 4) is 0 Å². The number of hydrogen-bond donors (Lipinski definition) is 2. The van der Waals surface area contributed by atoms with Gasteiger partial charge in [0, 0.05) is 0 Å². The molecule has 0 bridgehead atoms. The SMILES string of the molecule is NN.O.O.O.O.O.O.O.O. The Morgan fingerprint density at radius 1 is 0.300 bits per heavy atom. The average molecular weight is 176 g/mol. The molecule has 0 aromatic heterocycles. The maximum absolute atomic E-state index is 4.00. The zero-order valence-electron chi connectivity index (χ0n) is 5.15. The Balaban J connectivity index is -0.000000000179. The van der Waals surface area contributed by atoms with E-state index >= 15 is 0 Å². The smallest absolute Gasteiger partial charge is 0.274 e. The van der Waals surface area contributed by atoms with Crippen molar-refractivity contribution in [2.75, 3.05) is 0 Å². The molecule has 0 heterocycles. The molecular formula is H20N2O8. The average Bonchev–Trinajstić information content (AvgIpc) is 1.00. The normalized spacial score (nSPS) is 0.600. The van der Waals surface area contributed by atoms with Gasteiger partial charge in [-0.2, -0.15) is 0 Å². The number of nitrogens with two attached hydrogens (primary N) is 2. The van der Waals surface area contributed by atoms with E-state index in [1.165, 1.54) is 0 Å². The molecule has 10 nitrogen and oxygen atoms in total. The molecule has 0 radical (unpaired) electrons. The summed E-state index contributed by atoms with van der Waals surface area (Å²) < 4.78 is 0. The lowest BCUT2D eigenvalue weighted by molar-refractivity contribution is 0.823. The molecule has 0 atom stereocenters. The second-order valence-corrected chi connectivity index (χ2v) is 0. The van der Waals surface area contributed by atoms with Crippen LogP contribution in [0, 0.1) is 0 Å². The quantitative estimate of drug-likeness (QED) is 0.268. The Hall–Kier alpha value is -0.400. The number of hydrogen-bond acceptors (Lipinski definition) is 2. The summed E-state index contributed by atoms with van der Waals surface area (Å²) in [4.78, 5) is 0. The molecule has 0 amide bonds. The van der Waals surface area contributed by atoms with Gasteiger partial charge in [-0.3, -0.25) is 11.7 Å². The minimum absolute atomic E-state index is 0.